The van der Waals surface area contributed by atoms with Crippen molar-refractivity contribution in [2.24, 2.45) is 0 Å². The molecule has 1 amide bonds. The molecule has 0 aliphatic carbocycles. The number of likely N-dealkylation sites (tertiary alicyclic amines) is 1. The van der Waals surface area contributed by atoms with Crippen LogP contribution in [0.4, 0.5) is 4.39 Å². The molecule has 5 nitrogen and oxygen atoms in total. The number of benzene rings is 2. The largest absolute Gasteiger partial charge is 0.353 e. The Bertz CT molecular complexity index is 792. The van der Waals surface area contributed by atoms with Gasteiger partial charge in [-0.05, 0) is 36.5 Å². The van der Waals surface area contributed by atoms with Gasteiger partial charge in [0, 0.05) is 25.2 Å². The van der Waals surface area contributed by atoms with Crippen molar-refractivity contribution in [2.45, 2.75) is 43.9 Å². The van der Waals surface area contributed by atoms with E-state index in [2.05, 4.69) is 45.3 Å². The highest BCUT2D eigenvalue weighted by molar-refractivity contribution is 5.78. The number of carbonyl (C=O) groups excluding carboxylic acids is 1. The lowest BCUT2D eigenvalue weighted by atomic mass is 10.0. The van der Waals surface area contributed by atoms with Crippen LogP contribution in [0, 0.1) is 5.82 Å². The number of amides is 1. The Morgan fingerprint density at radius 1 is 1.04 bits per heavy atom. The van der Waals surface area contributed by atoms with Crippen LogP contribution in [0.1, 0.15) is 36.4 Å². The first-order valence-corrected chi connectivity index (χ1v) is 10.0. The van der Waals surface area contributed by atoms with Gasteiger partial charge in [0.15, 0.2) is 0 Å². The minimum absolute atomic E-state index is 0.0970. The highest BCUT2D eigenvalue weighted by atomic mass is 19.1. The zero-order chi connectivity index (χ0) is 19.3. The number of piperidine rings is 1. The number of halogens is 1. The van der Waals surface area contributed by atoms with E-state index >= 15 is 0 Å². The van der Waals surface area contributed by atoms with Crippen LogP contribution in [0.5, 0.6) is 0 Å². The predicted octanol–water partition coefficient (Wildman–Crippen LogP) is 2.51. The van der Waals surface area contributed by atoms with E-state index in [0.29, 0.717) is 17.8 Å². The number of nitrogens with one attached hydrogen (secondary N) is 3. The molecule has 2 saturated heterocycles. The van der Waals surface area contributed by atoms with E-state index in [1.54, 1.807) is 18.2 Å². The van der Waals surface area contributed by atoms with Crippen molar-refractivity contribution in [1.29, 1.82) is 0 Å². The van der Waals surface area contributed by atoms with Crippen molar-refractivity contribution in [1.82, 2.24) is 21.1 Å². The third-order valence-electron chi connectivity index (χ3n) is 5.73. The molecular formula is C22H27FN4O. The third kappa shape index (κ3) is 4.58. The van der Waals surface area contributed by atoms with Gasteiger partial charge in [0.25, 0.3) is 0 Å². The standard InChI is InChI=1S/C22H27FN4O/c23-19-9-5-4-8-17(19)14-22(28)24-18-10-12-27(13-11-18)21-15-20(25-26-21)16-6-2-1-3-7-16/h1-9,18,20-21,25-26H,10-15H2,(H,24,28). The fourth-order valence-electron chi connectivity index (χ4n) is 4.13. The molecule has 0 bridgehead atoms. The van der Waals surface area contributed by atoms with Gasteiger partial charge in [0.2, 0.25) is 5.91 Å². The molecule has 2 atom stereocenters. The Balaban J connectivity index is 1.23. The maximum Gasteiger partial charge on any atom is 0.224 e. The summed E-state index contributed by atoms with van der Waals surface area (Å²) < 4.78 is 13.7. The first-order chi connectivity index (χ1) is 13.7. The lowest BCUT2D eigenvalue weighted by Gasteiger charge is -2.35. The van der Waals surface area contributed by atoms with Crippen LogP contribution >= 0.6 is 0 Å². The van der Waals surface area contributed by atoms with Gasteiger partial charge in [-0.1, -0.05) is 48.5 Å². The summed E-state index contributed by atoms with van der Waals surface area (Å²) >= 11 is 0. The van der Waals surface area contributed by atoms with Crippen molar-refractivity contribution < 1.29 is 9.18 Å². The third-order valence-corrected chi connectivity index (χ3v) is 5.73. The molecule has 2 fully saturated rings. The minimum atomic E-state index is -0.319. The molecule has 0 spiro atoms. The zero-order valence-electron chi connectivity index (χ0n) is 15.9. The Morgan fingerprint density at radius 2 is 1.75 bits per heavy atom. The topological polar surface area (TPSA) is 56.4 Å². The second-order valence-corrected chi connectivity index (χ2v) is 7.65. The molecule has 148 valence electrons. The van der Waals surface area contributed by atoms with Crippen molar-refractivity contribution in [3.63, 3.8) is 0 Å². The molecule has 6 heteroatoms. The molecule has 2 heterocycles. The number of nitrogens with zero attached hydrogens (tertiary/aromatic N) is 1. The fraction of sp³-hybridized carbons (Fsp3) is 0.409. The van der Waals surface area contributed by atoms with E-state index in [0.717, 1.165) is 32.4 Å². The summed E-state index contributed by atoms with van der Waals surface area (Å²) in [5.41, 5.74) is 8.56. The highest BCUT2D eigenvalue weighted by Crippen LogP contribution is 2.25. The van der Waals surface area contributed by atoms with Gasteiger partial charge in [-0.25, -0.2) is 15.2 Å². The molecule has 2 aliphatic heterocycles. The Kier molecular flexibility index (Phi) is 6.00. The van der Waals surface area contributed by atoms with Crippen LogP contribution in [0.25, 0.3) is 0 Å². The van der Waals surface area contributed by atoms with Crippen molar-refractivity contribution in [3.05, 3.63) is 71.5 Å². The molecule has 0 radical (unpaired) electrons. The quantitative estimate of drug-likeness (QED) is 0.744. The number of rotatable bonds is 5. The second-order valence-electron chi connectivity index (χ2n) is 7.65. The summed E-state index contributed by atoms with van der Waals surface area (Å²) in [6.45, 7) is 1.87. The van der Waals surface area contributed by atoms with Gasteiger partial charge >= 0.3 is 0 Å². The Hall–Kier alpha value is -2.28. The second kappa shape index (κ2) is 8.82. The SMILES string of the molecule is O=C(Cc1ccccc1F)NC1CCN(C2CC(c3ccccc3)NN2)CC1. The molecular weight excluding hydrogens is 355 g/mol. The van der Waals surface area contributed by atoms with Crippen molar-refractivity contribution in [3.8, 4) is 0 Å². The lowest BCUT2D eigenvalue weighted by molar-refractivity contribution is -0.121. The van der Waals surface area contributed by atoms with E-state index in [1.807, 2.05) is 6.07 Å². The maximum atomic E-state index is 13.7. The normalized spacial score (nSPS) is 23.6. The van der Waals surface area contributed by atoms with Gasteiger partial charge in [-0.15, -0.1) is 0 Å². The Labute approximate surface area is 165 Å². The number of hydrazine groups is 1. The molecule has 2 aliphatic rings. The summed E-state index contributed by atoms with van der Waals surface area (Å²) in [6.07, 6.45) is 3.25. The summed E-state index contributed by atoms with van der Waals surface area (Å²) in [5, 5.41) is 3.07. The molecule has 2 aromatic rings. The number of carbonyl (C=O) groups is 1. The van der Waals surface area contributed by atoms with Gasteiger partial charge < -0.3 is 5.32 Å². The monoisotopic (exact) mass is 382 g/mol. The first kappa shape index (κ1) is 19.1. The molecule has 2 aromatic carbocycles. The van der Waals surface area contributed by atoms with Crippen LogP contribution in [-0.2, 0) is 11.2 Å². The summed E-state index contributed by atoms with van der Waals surface area (Å²) in [5.74, 6) is -0.423. The molecule has 0 saturated carbocycles. The van der Waals surface area contributed by atoms with Gasteiger partial charge in [-0.2, -0.15) is 0 Å². The van der Waals surface area contributed by atoms with Crippen LogP contribution in [0.2, 0.25) is 0 Å². The van der Waals surface area contributed by atoms with E-state index in [9.17, 15) is 9.18 Å². The van der Waals surface area contributed by atoms with Gasteiger partial charge in [0.1, 0.15) is 5.82 Å². The van der Waals surface area contributed by atoms with E-state index in [4.69, 9.17) is 0 Å². The number of hydrogen-bond acceptors (Lipinski definition) is 4. The molecule has 28 heavy (non-hydrogen) atoms. The smallest absolute Gasteiger partial charge is 0.224 e. The predicted molar refractivity (Wildman–Crippen MR) is 107 cm³/mol. The first-order valence-electron chi connectivity index (χ1n) is 10.0. The lowest BCUT2D eigenvalue weighted by Crippen LogP contribution is -2.51. The summed E-state index contributed by atoms with van der Waals surface area (Å²) in [6, 6.07) is 17.4. The molecule has 0 aromatic heterocycles. The van der Waals surface area contributed by atoms with E-state index < -0.39 is 0 Å². The average Bonchev–Trinajstić information content (AvgIpc) is 3.21. The van der Waals surface area contributed by atoms with Gasteiger partial charge in [0.05, 0.1) is 12.6 Å². The molecule has 4 rings (SSSR count). The Morgan fingerprint density at radius 3 is 2.50 bits per heavy atom. The summed E-state index contributed by atoms with van der Waals surface area (Å²) in [4.78, 5) is 14.7. The van der Waals surface area contributed by atoms with Crippen LogP contribution in [0.3, 0.4) is 0 Å². The van der Waals surface area contributed by atoms with Crippen LogP contribution in [0.15, 0.2) is 54.6 Å². The number of hydrogen-bond donors (Lipinski definition) is 3. The summed E-state index contributed by atoms with van der Waals surface area (Å²) in [7, 11) is 0. The van der Waals surface area contributed by atoms with Crippen molar-refractivity contribution >= 4 is 5.91 Å². The zero-order valence-corrected chi connectivity index (χ0v) is 15.9. The fourth-order valence-corrected chi connectivity index (χ4v) is 4.13. The van der Waals surface area contributed by atoms with Crippen molar-refractivity contribution in [2.75, 3.05) is 13.1 Å². The van der Waals surface area contributed by atoms with E-state index in [1.165, 1.54) is 11.6 Å². The van der Waals surface area contributed by atoms with Crippen LogP contribution in [-0.4, -0.2) is 36.1 Å². The minimum Gasteiger partial charge on any atom is -0.353 e. The molecule has 2 unspecified atom stereocenters. The molecule has 3 N–H and O–H groups in total. The van der Waals surface area contributed by atoms with Crippen LogP contribution < -0.4 is 16.2 Å². The highest BCUT2D eigenvalue weighted by Gasteiger charge is 2.32. The average molecular weight is 382 g/mol. The van der Waals surface area contributed by atoms with Gasteiger partial charge in [-0.3, -0.25) is 9.69 Å². The van der Waals surface area contributed by atoms with E-state index in [-0.39, 0.29) is 24.2 Å². The maximum absolute atomic E-state index is 13.7.